The van der Waals surface area contributed by atoms with Crippen LogP contribution in [0.5, 0.6) is 0 Å². The summed E-state index contributed by atoms with van der Waals surface area (Å²) in [6.07, 6.45) is 7.05. The molecule has 0 saturated heterocycles. The molecule has 0 bridgehead atoms. The molecule has 0 aromatic heterocycles. The van der Waals surface area contributed by atoms with Crippen LogP contribution in [0.1, 0.15) is 26.2 Å². The standard InChI is InChI=1S/C9H16O/c1-3-4-5-6-9(2)7-8-10/h5-6,10H,2-4,7-8H2,1H3. The third kappa shape index (κ3) is 5.57. The van der Waals surface area contributed by atoms with Crippen LogP contribution in [0.2, 0.25) is 0 Å². The van der Waals surface area contributed by atoms with Crippen LogP contribution in [0.3, 0.4) is 0 Å². The van der Waals surface area contributed by atoms with Gasteiger partial charge >= 0.3 is 0 Å². The minimum absolute atomic E-state index is 0.204. The minimum Gasteiger partial charge on any atom is -0.396 e. The summed E-state index contributed by atoms with van der Waals surface area (Å²) in [5, 5.41) is 8.50. The van der Waals surface area contributed by atoms with Gasteiger partial charge in [-0.15, -0.1) is 0 Å². The van der Waals surface area contributed by atoms with Crippen molar-refractivity contribution < 1.29 is 5.11 Å². The maximum atomic E-state index is 8.50. The van der Waals surface area contributed by atoms with Crippen LogP contribution in [0.25, 0.3) is 0 Å². The molecule has 10 heavy (non-hydrogen) atoms. The third-order valence-electron chi connectivity index (χ3n) is 1.24. The zero-order chi connectivity index (χ0) is 7.82. The van der Waals surface area contributed by atoms with Crippen LogP contribution in [0.15, 0.2) is 24.3 Å². The predicted molar refractivity (Wildman–Crippen MR) is 44.9 cm³/mol. The first-order chi connectivity index (χ1) is 4.81. The van der Waals surface area contributed by atoms with E-state index in [-0.39, 0.29) is 6.61 Å². The number of hydrogen-bond acceptors (Lipinski definition) is 1. The van der Waals surface area contributed by atoms with Crippen molar-refractivity contribution >= 4 is 0 Å². The number of aliphatic hydroxyl groups is 1. The van der Waals surface area contributed by atoms with Gasteiger partial charge in [-0.1, -0.05) is 37.6 Å². The van der Waals surface area contributed by atoms with Gasteiger partial charge in [-0.05, 0) is 12.8 Å². The van der Waals surface area contributed by atoms with E-state index in [1.165, 1.54) is 6.42 Å². The Kier molecular flexibility index (Phi) is 6.19. The molecule has 0 saturated carbocycles. The zero-order valence-electron chi connectivity index (χ0n) is 6.64. The molecule has 0 aromatic rings. The summed E-state index contributed by atoms with van der Waals surface area (Å²) in [7, 11) is 0. The van der Waals surface area contributed by atoms with Crippen LogP contribution >= 0.6 is 0 Å². The van der Waals surface area contributed by atoms with Gasteiger partial charge in [-0.2, -0.15) is 0 Å². The van der Waals surface area contributed by atoms with Crippen molar-refractivity contribution in [2.24, 2.45) is 0 Å². The molecule has 0 aromatic carbocycles. The number of allylic oxidation sites excluding steroid dienone is 2. The van der Waals surface area contributed by atoms with E-state index in [1.807, 2.05) is 6.08 Å². The van der Waals surface area contributed by atoms with Crippen molar-refractivity contribution in [3.63, 3.8) is 0 Å². The number of hydrogen-bond donors (Lipinski definition) is 1. The third-order valence-corrected chi connectivity index (χ3v) is 1.24. The first-order valence-electron chi connectivity index (χ1n) is 3.76. The predicted octanol–water partition coefficient (Wildman–Crippen LogP) is 2.28. The van der Waals surface area contributed by atoms with Crippen LogP contribution in [0, 0.1) is 0 Å². The molecule has 0 aliphatic rings. The topological polar surface area (TPSA) is 20.2 Å². The largest absolute Gasteiger partial charge is 0.396 e. The second-order valence-electron chi connectivity index (χ2n) is 2.32. The van der Waals surface area contributed by atoms with E-state index < -0.39 is 0 Å². The van der Waals surface area contributed by atoms with E-state index in [0.717, 1.165) is 12.0 Å². The maximum Gasteiger partial charge on any atom is 0.0471 e. The average Bonchev–Trinajstić information content (AvgIpc) is 1.89. The van der Waals surface area contributed by atoms with Gasteiger partial charge in [0.25, 0.3) is 0 Å². The normalized spacial score (nSPS) is 10.6. The summed E-state index contributed by atoms with van der Waals surface area (Å²) in [6, 6.07) is 0. The maximum absolute atomic E-state index is 8.50. The van der Waals surface area contributed by atoms with Gasteiger partial charge in [-0.25, -0.2) is 0 Å². The number of rotatable bonds is 5. The molecule has 0 heterocycles. The Bertz CT molecular complexity index is 114. The lowest BCUT2D eigenvalue weighted by Crippen LogP contribution is -1.82. The quantitative estimate of drug-likeness (QED) is 0.581. The Morgan fingerprint density at radius 3 is 2.80 bits per heavy atom. The number of aliphatic hydroxyl groups excluding tert-OH is 1. The molecule has 0 spiro atoms. The second kappa shape index (κ2) is 6.56. The first kappa shape index (κ1) is 9.44. The van der Waals surface area contributed by atoms with Gasteiger partial charge in [0.05, 0.1) is 0 Å². The highest BCUT2D eigenvalue weighted by Gasteiger charge is 1.84. The fraction of sp³-hybridized carbons (Fsp3) is 0.556. The van der Waals surface area contributed by atoms with E-state index in [2.05, 4.69) is 19.6 Å². The first-order valence-corrected chi connectivity index (χ1v) is 3.76. The minimum atomic E-state index is 0.204. The fourth-order valence-corrected chi connectivity index (χ4v) is 0.644. The molecule has 1 heteroatoms. The summed E-state index contributed by atoms with van der Waals surface area (Å²) in [6.45, 7) is 6.11. The van der Waals surface area contributed by atoms with Crippen LogP contribution in [0.4, 0.5) is 0 Å². The van der Waals surface area contributed by atoms with Gasteiger partial charge in [0.1, 0.15) is 0 Å². The Hall–Kier alpha value is -0.560. The molecule has 58 valence electrons. The highest BCUT2D eigenvalue weighted by molar-refractivity contribution is 5.13. The molecular formula is C9H16O. The van der Waals surface area contributed by atoms with Crippen molar-refractivity contribution in [3.05, 3.63) is 24.3 Å². The van der Waals surface area contributed by atoms with Crippen molar-refractivity contribution in [1.82, 2.24) is 0 Å². The van der Waals surface area contributed by atoms with E-state index in [9.17, 15) is 0 Å². The average molecular weight is 140 g/mol. The summed E-state index contributed by atoms with van der Waals surface area (Å²) in [5.41, 5.74) is 1.01. The van der Waals surface area contributed by atoms with Crippen LogP contribution in [-0.2, 0) is 0 Å². The Morgan fingerprint density at radius 1 is 1.60 bits per heavy atom. The fourth-order valence-electron chi connectivity index (χ4n) is 0.644. The number of unbranched alkanes of at least 4 members (excludes halogenated alkanes) is 1. The van der Waals surface area contributed by atoms with Gasteiger partial charge < -0.3 is 5.11 Å². The van der Waals surface area contributed by atoms with E-state index in [4.69, 9.17) is 5.11 Å². The lowest BCUT2D eigenvalue weighted by atomic mass is 10.2. The van der Waals surface area contributed by atoms with Gasteiger partial charge in [0, 0.05) is 6.61 Å². The summed E-state index contributed by atoms with van der Waals surface area (Å²) in [4.78, 5) is 0. The summed E-state index contributed by atoms with van der Waals surface area (Å²) >= 11 is 0. The molecule has 1 nitrogen and oxygen atoms in total. The molecule has 0 atom stereocenters. The smallest absolute Gasteiger partial charge is 0.0471 e. The Morgan fingerprint density at radius 2 is 2.30 bits per heavy atom. The zero-order valence-corrected chi connectivity index (χ0v) is 6.64. The molecule has 0 radical (unpaired) electrons. The Balaban J connectivity index is 3.36. The molecule has 0 rings (SSSR count). The van der Waals surface area contributed by atoms with Crippen molar-refractivity contribution in [1.29, 1.82) is 0 Å². The van der Waals surface area contributed by atoms with Crippen molar-refractivity contribution in [3.8, 4) is 0 Å². The molecule has 0 fully saturated rings. The van der Waals surface area contributed by atoms with Gasteiger partial charge in [-0.3, -0.25) is 0 Å². The highest BCUT2D eigenvalue weighted by Crippen LogP contribution is 2.00. The van der Waals surface area contributed by atoms with E-state index in [1.54, 1.807) is 0 Å². The lowest BCUT2D eigenvalue weighted by molar-refractivity contribution is 0.300. The summed E-state index contributed by atoms with van der Waals surface area (Å²) in [5.74, 6) is 0. The molecule has 0 aliphatic heterocycles. The van der Waals surface area contributed by atoms with Crippen molar-refractivity contribution in [2.75, 3.05) is 6.61 Å². The second-order valence-corrected chi connectivity index (χ2v) is 2.32. The monoisotopic (exact) mass is 140 g/mol. The summed E-state index contributed by atoms with van der Waals surface area (Å²) < 4.78 is 0. The van der Waals surface area contributed by atoms with Crippen molar-refractivity contribution in [2.45, 2.75) is 26.2 Å². The lowest BCUT2D eigenvalue weighted by Gasteiger charge is -1.93. The SMILES string of the molecule is C=C(C=CCCC)CCO. The Labute approximate surface area is 63.1 Å². The van der Waals surface area contributed by atoms with Gasteiger partial charge in [0.2, 0.25) is 0 Å². The molecule has 1 N–H and O–H groups in total. The molecule has 0 unspecified atom stereocenters. The van der Waals surface area contributed by atoms with Crippen LogP contribution < -0.4 is 0 Å². The molecular weight excluding hydrogens is 124 g/mol. The van der Waals surface area contributed by atoms with Crippen LogP contribution in [-0.4, -0.2) is 11.7 Å². The molecule has 0 amide bonds. The van der Waals surface area contributed by atoms with E-state index >= 15 is 0 Å². The highest BCUT2D eigenvalue weighted by atomic mass is 16.2. The van der Waals surface area contributed by atoms with E-state index in [0.29, 0.717) is 6.42 Å². The van der Waals surface area contributed by atoms with Gasteiger partial charge in [0.15, 0.2) is 0 Å². The molecule has 0 aliphatic carbocycles.